The Balaban J connectivity index is 1.85. The Morgan fingerprint density at radius 3 is 2.30 bits per heavy atom. The molecule has 0 radical (unpaired) electrons. The zero-order chi connectivity index (χ0) is 24.2. The van der Waals surface area contributed by atoms with Crippen molar-refractivity contribution in [1.82, 2.24) is 9.55 Å². The highest BCUT2D eigenvalue weighted by atomic mass is 16.6. The molecule has 3 rings (SSSR count). The van der Waals surface area contributed by atoms with Crippen LogP contribution in [0.25, 0.3) is 11.1 Å². The molecule has 1 heterocycles. The number of ether oxygens (including phenoxy) is 1. The summed E-state index contributed by atoms with van der Waals surface area (Å²) in [6.07, 6.45) is 4.99. The number of nitrogens with zero attached hydrogens (tertiary/aromatic N) is 2. The Labute approximate surface area is 197 Å². The van der Waals surface area contributed by atoms with E-state index in [9.17, 15) is 9.90 Å². The van der Waals surface area contributed by atoms with Gasteiger partial charge in [0.25, 0.3) is 0 Å². The molecule has 1 N–H and O–H groups in total. The molecule has 0 amide bonds. The quantitative estimate of drug-likeness (QED) is 0.421. The second kappa shape index (κ2) is 9.92. The zero-order valence-electron chi connectivity index (χ0n) is 20.7. The van der Waals surface area contributed by atoms with Gasteiger partial charge in [-0.05, 0) is 63.8 Å². The molecule has 0 saturated carbocycles. The maximum Gasteiger partial charge on any atom is 0.339 e. The fourth-order valence-corrected chi connectivity index (χ4v) is 3.65. The van der Waals surface area contributed by atoms with Gasteiger partial charge >= 0.3 is 5.97 Å². The summed E-state index contributed by atoms with van der Waals surface area (Å²) in [6.45, 7) is 12.0. The van der Waals surface area contributed by atoms with Crippen molar-refractivity contribution in [2.75, 3.05) is 0 Å². The van der Waals surface area contributed by atoms with Crippen molar-refractivity contribution in [3.63, 3.8) is 0 Å². The topological polar surface area (TPSA) is 64.4 Å². The molecule has 0 bridgehead atoms. The Hall–Kier alpha value is -2.92. The predicted molar refractivity (Wildman–Crippen MR) is 132 cm³/mol. The number of imidazole rings is 1. The summed E-state index contributed by atoms with van der Waals surface area (Å²) >= 11 is 0. The Bertz CT molecular complexity index is 1080. The van der Waals surface area contributed by atoms with E-state index in [4.69, 9.17) is 9.72 Å². The van der Waals surface area contributed by atoms with Crippen LogP contribution in [-0.4, -0.2) is 26.2 Å². The minimum Gasteiger partial charge on any atom is -0.456 e. The first kappa shape index (κ1) is 24.7. The molecule has 3 aromatic rings. The van der Waals surface area contributed by atoms with E-state index in [2.05, 4.69) is 23.6 Å². The highest BCUT2D eigenvalue weighted by molar-refractivity contribution is 5.97. The van der Waals surface area contributed by atoms with Crippen molar-refractivity contribution in [1.29, 1.82) is 0 Å². The van der Waals surface area contributed by atoms with Gasteiger partial charge in [0, 0.05) is 19.2 Å². The maximum absolute atomic E-state index is 12.7. The lowest BCUT2D eigenvalue weighted by atomic mass is 9.98. The molecule has 0 atom stereocenters. The number of unbranched alkanes of at least 4 members (excludes halogenated alkanes) is 1. The summed E-state index contributed by atoms with van der Waals surface area (Å²) in [5.74, 6) is 0.675. The van der Waals surface area contributed by atoms with Crippen molar-refractivity contribution in [2.45, 2.75) is 78.6 Å². The first-order valence-electron chi connectivity index (χ1n) is 11.7. The monoisotopic (exact) mass is 448 g/mol. The molecular weight excluding hydrogens is 412 g/mol. The van der Waals surface area contributed by atoms with Gasteiger partial charge in [0.05, 0.1) is 11.3 Å². The molecule has 0 fully saturated rings. The van der Waals surface area contributed by atoms with Gasteiger partial charge in [0.2, 0.25) is 0 Å². The lowest BCUT2D eigenvalue weighted by Gasteiger charge is -2.20. The molecular formula is C28H36N2O3. The van der Waals surface area contributed by atoms with Crippen LogP contribution in [0.4, 0.5) is 0 Å². The summed E-state index contributed by atoms with van der Waals surface area (Å²) in [6, 6.07) is 15.8. The summed E-state index contributed by atoms with van der Waals surface area (Å²) in [7, 11) is 0. The smallest absolute Gasteiger partial charge is 0.339 e. The molecule has 5 heteroatoms. The summed E-state index contributed by atoms with van der Waals surface area (Å²) in [5.41, 5.74) is 2.69. The third kappa shape index (κ3) is 6.55. The molecule has 0 aliphatic rings. The van der Waals surface area contributed by atoms with E-state index in [1.807, 2.05) is 57.3 Å². The molecule has 33 heavy (non-hydrogen) atoms. The number of carbonyl (C=O) groups excluding carboxylic acids is 1. The molecule has 0 spiro atoms. The van der Waals surface area contributed by atoms with Gasteiger partial charge in [0.15, 0.2) is 0 Å². The van der Waals surface area contributed by atoms with Crippen molar-refractivity contribution in [2.24, 2.45) is 0 Å². The molecule has 0 aliphatic carbocycles. The first-order valence-corrected chi connectivity index (χ1v) is 11.7. The first-order chi connectivity index (χ1) is 15.5. The third-order valence-electron chi connectivity index (χ3n) is 5.40. The molecule has 2 aromatic carbocycles. The van der Waals surface area contributed by atoms with Gasteiger partial charge in [-0.1, -0.05) is 55.8 Å². The van der Waals surface area contributed by atoms with Crippen LogP contribution in [0.5, 0.6) is 0 Å². The van der Waals surface area contributed by atoms with E-state index in [0.29, 0.717) is 17.8 Å². The maximum atomic E-state index is 12.7. The number of carbonyl (C=O) groups is 1. The van der Waals surface area contributed by atoms with Gasteiger partial charge in [-0.15, -0.1) is 0 Å². The molecule has 5 nitrogen and oxygen atoms in total. The Morgan fingerprint density at radius 2 is 1.70 bits per heavy atom. The van der Waals surface area contributed by atoms with Crippen LogP contribution in [0.2, 0.25) is 0 Å². The highest BCUT2D eigenvalue weighted by Crippen LogP contribution is 2.27. The average molecular weight is 449 g/mol. The van der Waals surface area contributed by atoms with Gasteiger partial charge in [-0.25, -0.2) is 9.78 Å². The van der Waals surface area contributed by atoms with Crippen molar-refractivity contribution < 1.29 is 14.6 Å². The number of esters is 1. The van der Waals surface area contributed by atoms with Gasteiger partial charge < -0.3 is 14.4 Å². The van der Waals surface area contributed by atoms with Crippen LogP contribution in [0, 0.1) is 0 Å². The van der Waals surface area contributed by atoms with Crippen LogP contribution in [0.15, 0.2) is 54.7 Å². The predicted octanol–water partition coefficient (Wildman–Crippen LogP) is 6.12. The lowest BCUT2D eigenvalue weighted by Crippen LogP contribution is -2.24. The van der Waals surface area contributed by atoms with Gasteiger partial charge in [-0.2, -0.15) is 0 Å². The minimum atomic E-state index is -0.971. The number of aromatic nitrogens is 2. The van der Waals surface area contributed by atoms with E-state index in [1.54, 1.807) is 19.9 Å². The molecule has 1 aromatic heterocycles. The zero-order valence-corrected chi connectivity index (χ0v) is 20.7. The normalized spacial score (nSPS) is 12.1. The fourth-order valence-electron chi connectivity index (χ4n) is 3.65. The average Bonchev–Trinajstić information content (AvgIpc) is 3.15. The van der Waals surface area contributed by atoms with Gasteiger partial charge in [-0.3, -0.25) is 0 Å². The SMILES string of the molecule is CCCCc1nc(C(C)(C)O)cn1Cc1ccc(-c2ccccc2C(=O)OC(C)(C)C)cc1. The van der Waals surface area contributed by atoms with Crippen LogP contribution in [0.3, 0.4) is 0 Å². The minimum absolute atomic E-state index is 0.319. The Kier molecular flexibility index (Phi) is 7.43. The molecule has 0 unspecified atom stereocenters. The van der Waals surface area contributed by atoms with E-state index >= 15 is 0 Å². The van der Waals surface area contributed by atoms with E-state index in [-0.39, 0.29) is 5.97 Å². The second-order valence-electron chi connectivity index (χ2n) is 10.1. The summed E-state index contributed by atoms with van der Waals surface area (Å²) in [4.78, 5) is 17.4. The Morgan fingerprint density at radius 1 is 1.03 bits per heavy atom. The second-order valence-corrected chi connectivity index (χ2v) is 10.1. The molecule has 176 valence electrons. The summed E-state index contributed by atoms with van der Waals surface area (Å²) < 4.78 is 7.73. The van der Waals surface area contributed by atoms with Gasteiger partial charge in [0.1, 0.15) is 17.0 Å². The number of aliphatic hydroxyl groups is 1. The van der Waals surface area contributed by atoms with Crippen molar-refractivity contribution in [3.05, 3.63) is 77.4 Å². The standard InChI is InChI=1S/C28H36N2O3/c1-7-8-13-25-29-24(28(5,6)32)19-30(25)18-20-14-16-21(17-15-20)22-11-9-10-12-23(22)26(31)33-27(2,3)4/h9-12,14-17,19,32H,7-8,13,18H2,1-6H3. The highest BCUT2D eigenvalue weighted by Gasteiger charge is 2.22. The van der Waals surface area contributed by atoms with Crippen LogP contribution >= 0.6 is 0 Å². The number of hydrogen-bond acceptors (Lipinski definition) is 4. The van der Waals surface area contributed by atoms with Crippen molar-refractivity contribution >= 4 is 5.97 Å². The fraction of sp³-hybridized carbons (Fsp3) is 0.429. The third-order valence-corrected chi connectivity index (χ3v) is 5.40. The van der Waals surface area contributed by atoms with Crippen LogP contribution in [-0.2, 0) is 23.3 Å². The van der Waals surface area contributed by atoms with E-state index in [0.717, 1.165) is 41.8 Å². The largest absolute Gasteiger partial charge is 0.456 e. The molecule has 0 aliphatic heterocycles. The number of benzene rings is 2. The number of rotatable bonds is 8. The lowest BCUT2D eigenvalue weighted by molar-refractivity contribution is 0.00703. The van der Waals surface area contributed by atoms with Crippen molar-refractivity contribution in [3.8, 4) is 11.1 Å². The molecule has 0 saturated heterocycles. The van der Waals surface area contributed by atoms with Crippen LogP contribution in [0.1, 0.15) is 81.8 Å². The number of hydrogen-bond donors (Lipinski definition) is 1. The summed E-state index contributed by atoms with van der Waals surface area (Å²) in [5, 5.41) is 10.4. The van der Waals surface area contributed by atoms with E-state index < -0.39 is 11.2 Å². The van der Waals surface area contributed by atoms with E-state index in [1.165, 1.54) is 0 Å². The van der Waals surface area contributed by atoms with Crippen LogP contribution < -0.4 is 0 Å². The number of aryl methyl sites for hydroxylation is 1.